The standard InChI is InChI=1S/C22H24F2N2O4/c1-14(25-20(27)12-15-10-17(23)13-18(24)11-15)22(29)26-19-8-4-3-6-16(19)7-5-9-21(28)30-2/h3-4,6,8,10-11,13-14H,5,7,9,12H2,1-2H3,(H,25,27)(H,26,29)/t14-/m0/s1. The van der Waals surface area contributed by atoms with Gasteiger partial charge in [0, 0.05) is 18.2 Å². The van der Waals surface area contributed by atoms with Crippen molar-refractivity contribution in [2.45, 2.75) is 38.6 Å². The Kier molecular flexibility index (Phi) is 8.46. The van der Waals surface area contributed by atoms with Crippen LogP contribution in [0.3, 0.4) is 0 Å². The number of benzene rings is 2. The Bertz CT molecular complexity index is 898. The van der Waals surface area contributed by atoms with Crippen LogP contribution in [0.5, 0.6) is 0 Å². The molecule has 2 rings (SSSR count). The van der Waals surface area contributed by atoms with Gasteiger partial charge in [-0.05, 0) is 49.1 Å². The number of carbonyl (C=O) groups excluding carboxylic acids is 3. The Balaban J connectivity index is 1.92. The fourth-order valence-electron chi connectivity index (χ4n) is 2.88. The van der Waals surface area contributed by atoms with Gasteiger partial charge in [0.1, 0.15) is 17.7 Å². The van der Waals surface area contributed by atoms with Crippen molar-refractivity contribution in [2.24, 2.45) is 0 Å². The lowest BCUT2D eigenvalue weighted by atomic mass is 10.1. The van der Waals surface area contributed by atoms with Gasteiger partial charge in [-0.25, -0.2) is 8.78 Å². The molecule has 0 aliphatic rings. The SMILES string of the molecule is COC(=O)CCCc1ccccc1NC(=O)[C@H](C)NC(=O)Cc1cc(F)cc(F)c1. The third kappa shape index (κ3) is 7.27. The molecule has 160 valence electrons. The molecule has 0 unspecified atom stereocenters. The first-order valence-electron chi connectivity index (χ1n) is 9.48. The highest BCUT2D eigenvalue weighted by Gasteiger charge is 2.17. The third-order valence-electron chi connectivity index (χ3n) is 4.39. The smallest absolute Gasteiger partial charge is 0.305 e. The molecule has 2 N–H and O–H groups in total. The first-order chi connectivity index (χ1) is 14.3. The largest absolute Gasteiger partial charge is 0.469 e. The molecule has 1 atom stereocenters. The van der Waals surface area contributed by atoms with Gasteiger partial charge in [0.15, 0.2) is 0 Å². The summed E-state index contributed by atoms with van der Waals surface area (Å²) in [5.74, 6) is -2.81. The number of anilines is 1. The van der Waals surface area contributed by atoms with E-state index in [4.69, 9.17) is 0 Å². The van der Waals surface area contributed by atoms with Crippen LogP contribution in [0.25, 0.3) is 0 Å². The third-order valence-corrected chi connectivity index (χ3v) is 4.39. The Morgan fingerprint density at radius 3 is 2.40 bits per heavy atom. The fourth-order valence-corrected chi connectivity index (χ4v) is 2.88. The Labute approximate surface area is 173 Å². The second kappa shape index (κ2) is 11.0. The van der Waals surface area contributed by atoms with Gasteiger partial charge >= 0.3 is 5.97 Å². The van der Waals surface area contributed by atoms with Gasteiger partial charge in [-0.15, -0.1) is 0 Å². The van der Waals surface area contributed by atoms with E-state index in [1.165, 1.54) is 14.0 Å². The molecule has 0 spiro atoms. The summed E-state index contributed by atoms with van der Waals surface area (Å²) in [6.45, 7) is 1.51. The summed E-state index contributed by atoms with van der Waals surface area (Å²) >= 11 is 0. The van der Waals surface area contributed by atoms with E-state index in [9.17, 15) is 23.2 Å². The normalized spacial score (nSPS) is 11.5. The van der Waals surface area contributed by atoms with Gasteiger partial charge < -0.3 is 15.4 Å². The minimum Gasteiger partial charge on any atom is -0.469 e. The number of methoxy groups -OCH3 is 1. The van der Waals surface area contributed by atoms with Crippen molar-refractivity contribution in [1.82, 2.24) is 5.32 Å². The number of hydrogen-bond donors (Lipinski definition) is 2. The summed E-state index contributed by atoms with van der Waals surface area (Å²) in [7, 11) is 1.33. The van der Waals surface area contributed by atoms with E-state index in [2.05, 4.69) is 15.4 Å². The summed E-state index contributed by atoms with van der Waals surface area (Å²) in [6, 6.07) is 9.16. The first kappa shape index (κ1) is 23.0. The van der Waals surface area contributed by atoms with Gasteiger partial charge in [0.05, 0.1) is 13.5 Å². The zero-order valence-electron chi connectivity index (χ0n) is 16.8. The second-order valence-corrected chi connectivity index (χ2v) is 6.82. The van der Waals surface area contributed by atoms with E-state index in [0.717, 1.165) is 23.8 Å². The summed E-state index contributed by atoms with van der Waals surface area (Å²) in [4.78, 5) is 35.8. The molecule has 0 fully saturated rings. The van der Waals surface area contributed by atoms with E-state index >= 15 is 0 Å². The number of hydrogen-bond acceptors (Lipinski definition) is 4. The second-order valence-electron chi connectivity index (χ2n) is 6.82. The highest BCUT2D eigenvalue weighted by Crippen LogP contribution is 2.18. The number of aryl methyl sites for hydroxylation is 1. The van der Waals surface area contributed by atoms with Crippen LogP contribution in [0.15, 0.2) is 42.5 Å². The van der Waals surface area contributed by atoms with Crippen LogP contribution in [-0.2, 0) is 32.0 Å². The minimum atomic E-state index is -0.862. The molecule has 0 bridgehead atoms. The molecular weight excluding hydrogens is 394 g/mol. The highest BCUT2D eigenvalue weighted by atomic mass is 19.1. The number of halogens is 2. The van der Waals surface area contributed by atoms with Crippen molar-refractivity contribution in [1.29, 1.82) is 0 Å². The van der Waals surface area contributed by atoms with Crippen molar-refractivity contribution in [3.05, 3.63) is 65.2 Å². The predicted molar refractivity (Wildman–Crippen MR) is 108 cm³/mol. The number of para-hydroxylation sites is 1. The van der Waals surface area contributed by atoms with Crippen molar-refractivity contribution < 1.29 is 27.9 Å². The topological polar surface area (TPSA) is 84.5 Å². The predicted octanol–water partition coefficient (Wildman–Crippen LogP) is 3.15. The zero-order valence-corrected chi connectivity index (χ0v) is 16.8. The van der Waals surface area contributed by atoms with Crippen LogP contribution in [-0.4, -0.2) is 30.9 Å². The number of carbonyl (C=O) groups is 3. The monoisotopic (exact) mass is 418 g/mol. The maximum absolute atomic E-state index is 13.2. The van der Waals surface area contributed by atoms with E-state index in [1.54, 1.807) is 12.1 Å². The number of rotatable bonds is 9. The van der Waals surface area contributed by atoms with Gasteiger partial charge in [-0.3, -0.25) is 14.4 Å². The van der Waals surface area contributed by atoms with Gasteiger partial charge in [0.2, 0.25) is 11.8 Å². The fraction of sp³-hybridized carbons (Fsp3) is 0.318. The Hall–Kier alpha value is -3.29. The molecule has 6 nitrogen and oxygen atoms in total. The molecule has 2 amide bonds. The van der Waals surface area contributed by atoms with Crippen LogP contribution in [0.4, 0.5) is 14.5 Å². The molecule has 0 saturated carbocycles. The van der Waals surface area contributed by atoms with Gasteiger partial charge in [-0.1, -0.05) is 18.2 Å². The summed E-state index contributed by atoms with van der Waals surface area (Å²) < 4.78 is 31.1. The van der Waals surface area contributed by atoms with Gasteiger partial charge in [-0.2, -0.15) is 0 Å². The summed E-state index contributed by atoms with van der Waals surface area (Å²) in [6.07, 6.45) is 1.15. The van der Waals surface area contributed by atoms with Crippen LogP contribution < -0.4 is 10.6 Å². The molecule has 0 aromatic heterocycles. The Morgan fingerprint density at radius 2 is 1.73 bits per heavy atom. The van der Waals surface area contributed by atoms with Crippen molar-refractivity contribution in [3.63, 3.8) is 0 Å². The lowest BCUT2D eigenvalue weighted by Gasteiger charge is -2.16. The minimum absolute atomic E-state index is 0.175. The lowest BCUT2D eigenvalue weighted by molar-refractivity contribution is -0.140. The van der Waals surface area contributed by atoms with Crippen molar-refractivity contribution in [2.75, 3.05) is 12.4 Å². The van der Waals surface area contributed by atoms with E-state index < -0.39 is 29.5 Å². The molecule has 0 radical (unpaired) electrons. The molecule has 2 aromatic carbocycles. The van der Waals surface area contributed by atoms with Crippen molar-refractivity contribution in [3.8, 4) is 0 Å². The molecule has 2 aromatic rings. The maximum atomic E-state index is 13.2. The quantitative estimate of drug-likeness (QED) is 0.613. The van der Waals surface area contributed by atoms with Crippen LogP contribution in [0.1, 0.15) is 30.9 Å². The average molecular weight is 418 g/mol. The zero-order chi connectivity index (χ0) is 22.1. The van der Waals surface area contributed by atoms with E-state index in [0.29, 0.717) is 18.5 Å². The van der Waals surface area contributed by atoms with E-state index in [-0.39, 0.29) is 24.4 Å². The molecule has 30 heavy (non-hydrogen) atoms. The average Bonchev–Trinajstić information content (AvgIpc) is 2.68. The van der Waals surface area contributed by atoms with Crippen LogP contribution >= 0.6 is 0 Å². The van der Waals surface area contributed by atoms with Crippen molar-refractivity contribution >= 4 is 23.5 Å². The first-order valence-corrected chi connectivity index (χ1v) is 9.48. The number of ether oxygens (including phenoxy) is 1. The van der Waals surface area contributed by atoms with Crippen LogP contribution in [0.2, 0.25) is 0 Å². The number of esters is 1. The van der Waals surface area contributed by atoms with Gasteiger partial charge in [0.25, 0.3) is 0 Å². The van der Waals surface area contributed by atoms with E-state index in [1.807, 2.05) is 12.1 Å². The summed E-state index contributed by atoms with van der Waals surface area (Å²) in [5, 5.41) is 5.28. The summed E-state index contributed by atoms with van der Waals surface area (Å²) in [5.41, 5.74) is 1.61. The highest BCUT2D eigenvalue weighted by molar-refractivity contribution is 5.97. The molecule has 0 heterocycles. The maximum Gasteiger partial charge on any atom is 0.305 e. The molecular formula is C22H24F2N2O4. The number of amides is 2. The van der Waals surface area contributed by atoms with Crippen LogP contribution in [0, 0.1) is 11.6 Å². The lowest BCUT2D eigenvalue weighted by Crippen LogP contribution is -2.42. The Morgan fingerprint density at radius 1 is 1.07 bits per heavy atom. The molecule has 0 saturated heterocycles. The molecule has 0 aliphatic carbocycles. The molecule has 8 heteroatoms. The molecule has 0 aliphatic heterocycles. The number of nitrogens with one attached hydrogen (secondary N) is 2.